The van der Waals surface area contributed by atoms with Gasteiger partial charge in [0.2, 0.25) is 5.91 Å². The highest BCUT2D eigenvalue weighted by Crippen LogP contribution is 2.15. The molecule has 0 aromatic carbocycles. The fourth-order valence-corrected chi connectivity index (χ4v) is 1.49. The number of hydrogen-bond acceptors (Lipinski definition) is 3. The summed E-state index contributed by atoms with van der Waals surface area (Å²) in [6, 6.07) is 0. The molecule has 1 rings (SSSR count). The number of terminal acetylenes is 1. The molecule has 4 heteroatoms. The fraction of sp³-hybridized carbons (Fsp3) is 0.727. The summed E-state index contributed by atoms with van der Waals surface area (Å²) in [4.78, 5) is 11.6. The smallest absolute Gasteiger partial charge is 0.242 e. The van der Waals surface area contributed by atoms with Crippen LogP contribution in [-0.4, -0.2) is 31.2 Å². The van der Waals surface area contributed by atoms with E-state index in [4.69, 9.17) is 16.9 Å². The molecular formula is C11H18N2O2. The zero-order valence-corrected chi connectivity index (χ0v) is 8.92. The summed E-state index contributed by atoms with van der Waals surface area (Å²) in [5, 5.41) is 2.81. The monoisotopic (exact) mass is 210 g/mol. The predicted molar refractivity (Wildman–Crippen MR) is 58.0 cm³/mol. The highest BCUT2D eigenvalue weighted by Gasteiger charge is 2.37. The van der Waals surface area contributed by atoms with Crippen LogP contribution in [0, 0.1) is 12.3 Å². The summed E-state index contributed by atoms with van der Waals surface area (Å²) in [7, 11) is 0. The molecular weight excluding hydrogens is 192 g/mol. The summed E-state index contributed by atoms with van der Waals surface area (Å²) < 4.78 is 5.11. The van der Waals surface area contributed by atoms with Crippen molar-refractivity contribution in [3.63, 3.8) is 0 Å². The Bertz CT molecular complexity index is 252. The molecule has 1 heterocycles. The molecule has 0 spiro atoms. The van der Waals surface area contributed by atoms with Gasteiger partial charge in [0.15, 0.2) is 0 Å². The van der Waals surface area contributed by atoms with Crippen LogP contribution in [0.3, 0.4) is 0 Å². The highest BCUT2D eigenvalue weighted by molar-refractivity contribution is 5.86. The normalized spacial score (nSPS) is 24.8. The molecule has 1 amide bonds. The van der Waals surface area contributed by atoms with Gasteiger partial charge in [0.25, 0.3) is 0 Å². The average Bonchev–Trinajstić information content (AvgIpc) is 2.66. The van der Waals surface area contributed by atoms with E-state index in [-0.39, 0.29) is 5.91 Å². The molecule has 1 aliphatic heterocycles. The maximum Gasteiger partial charge on any atom is 0.242 e. The zero-order valence-electron chi connectivity index (χ0n) is 8.92. The second-order valence-electron chi connectivity index (χ2n) is 3.88. The first-order valence-corrected chi connectivity index (χ1v) is 5.27. The number of unbranched alkanes of at least 4 members (excludes halogenated alkanes) is 2. The first kappa shape index (κ1) is 12.0. The van der Waals surface area contributed by atoms with Crippen LogP contribution in [0.4, 0.5) is 0 Å². The molecule has 0 aromatic rings. The third kappa shape index (κ3) is 3.54. The minimum atomic E-state index is -0.813. The molecule has 4 nitrogen and oxygen atoms in total. The number of carbonyl (C=O) groups is 1. The Kier molecular flexibility index (Phi) is 4.60. The number of amides is 1. The lowest BCUT2D eigenvalue weighted by atomic mass is 9.99. The number of nitrogens with one attached hydrogen (secondary N) is 1. The summed E-state index contributed by atoms with van der Waals surface area (Å²) >= 11 is 0. The number of rotatable bonds is 5. The van der Waals surface area contributed by atoms with Gasteiger partial charge < -0.3 is 15.8 Å². The van der Waals surface area contributed by atoms with Gasteiger partial charge in [-0.3, -0.25) is 4.79 Å². The second-order valence-corrected chi connectivity index (χ2v) is 3.88. The van der Waals surface area contributed by atoms with Crippen LogP contribution in [0.2, 0.25) is 0 Å². The van der Waals surface area contributed by atoms with Gasteiger partial charge in [0.05, 0.1) is 6.61 Å². The van der Waals surface area contributed by atoms with E-state index in [2.05, 4.69) is 11.2 Å². The molecule has 84 valence electrons. The molecule has 15 heavy (non-hydrogen) atoms. The SMILES string of the molecule is C#CCCCCNC(=O)C1(N)CCOC1. The van der Waals surface area contributed by atoms with Crippen LogP contribution in [0.1, 0.15) is 25.7 Å². The molecule has 1 aliphatic rings. The van der Waals surface area contributed by atoms with Gasteiger partial charge in [0.1, 0.15) is 5.54 Å². The number of carbonyl (C=O) groups excluding carboxylic acids is 1. The third-order valence-corrected chi connectivity index (χ3v) is 2.54. The number of nitrogens with two attached hydrogens (primary N) is 1. The Morgan fingerprint density at radius 1 is 1.60 bits per heavy atom. The van der Waals surface area contributed by atoms with Crippen LogP contribution in [0.15, 0.2) is 0 Å². The maximum absolute atomic E-state index is 11.6. The van der Waals surface area contributed by atoms with E-state index >= 15 is 0 Å². The Balaban J connectivity index is 2.16. The van der Waals surface area contributed by atoms with Crippen LogP contribution >= 0.6 is 0 Å². The predicted octanol–water partition coefficient (Wildman–Crippen LogP) is 0.0239. The molecule has 1 atom stereocenters. The molecule has 0 saturated carbocycles. The van der Waals surface area contributed by atoms with Crippen molar-refractivity contribution in [1.82, 2.24) is 5.32 Å². The fourth-order valence-electron chi connectivity index (χ4n) is 1.49. The van der Waals surface area contributed by atoms with Crippen molar-refractivity contribution in [2.45, 2.75) is 31.2 Å². The van der Waals surface area contributed by atoms with E-state index < -0.39 is 5.54 Å². The molecule has 1 fully saturated rings. The first-order chi connectivity index (χ1) is 7.19. The lowest BCUT2D eigenvalue weighted by Crippen LogP contribution is -2.54. The summed E-state index contributed by atoms with van der Waals surface area (Å²) in [6.07, 6.45) is 8.31. The van der Waals surface area contributed by atoms with Gasteiger partial charge in [-0.25, -0.2) is 0 Å². The maximum atomic E-state index is 11.6. The average molecular weight is 210 g/mol. The van der Waals surface area contributed by atoms with Gasteiger partial charge >= 0.3 is 0 Å². The van der Waals surface area contributed by atoms with E-state index in [1.54, 1.807) is 0 Å². The van der Waals surface area contributed by atoms with E-state index in [0.717, 1.165) is 19.3 Å². The largest absolute Gasteiger partial charge is 0.379 e. The van der Waals surface area contributed by atoms with Gasteiger partial charge in [-0.15, -0.1) is 12.3 Å². The Labute approximate surface area is 90.5 Å². The summed E-state index contributed by atoms with van der Waals surface area (Å²) in [5.41, 5.74) is 5.06. The van der Waals surface area contributed by atoms with Gasteiger partial charge in [-0.2, -0.15) is 0 Å². The van der Waals surface area contributed by atoms with Gasteiger partial charge in [0, 0.05) is 19.6 Å². The van der Waals surface area contributed by atoms with Crippen molar-refractivity contribution in [3.05, 3.63) is 0 Å². The molecule has 0 aliphatic carbocycles. The topological polar surface area (TPSA) is 64.4 Å². The molecule has 1 unspecified atom stereocenters. The lowest BCUT2D eigenvalue weighted by Gasteiger charge is -2.20. The van der Waals surface area contributed by atoms with E-state index in [1.807, 2.05) is 0 Å². The van der Waals surface area contributed by atoms with Crippen molar-refractivity contribution in [1.29, 1.82) is 0 Å². The highest BCUT2D eigenvalue weighted by atomic mass is 16.5. The minimum Gasteiger partial charge on any atom is -0.379 e. The van der Waals surface area contributed by atoms with Gasteiger partial charge in [-0.1, -0.05) is 0 Å². The Morgan fingerprint density at radius 2 is 2.40 bits per heavy atom. The summed E-state index contributed by atoms with van der Waals surface area (Å²) in [6.45, 7) is 1.53. The van der Waals surface area contributed by atoms with Crippen molar-refractivity contribution in [2.75, 3.05) is 19.8 Å². The molecule has 0 bridgehead atoms. The van der Waals surface area contributed by atoms with E-state index in [1.165, 1.54) is 0 Å². The molecule has 1 saturated heterocycles. The Hall–Kier alpha value is -1.05. The van der Waals surface area contributed by atoms with Crippen LogP contribution in [0.25, 0.3) is 0 Å². The number of hydrogen-bond donors (Lipinski definition) is 2. The van der Waals surface area contributed by atoms with Crippen molar-refractivity contribution in [2.24, 2.45) is 5.73 Å². The quantitative estimate of drug-likeness (QED) is 0.497. The third-order valence-electron chi connectivity index (χ3n) is 2.54. The Morgan fingerprint density at radius 3 is 3.00 bits per heavy atom. The molecule has 0 aromatic heterocycles. The van der Waals surface area contributed by atoms with Crippen molar-refractivity contribution in [3.8, 4) is 12.3 Å². The van der Waals surface area contributed by atoms with E-state index in [0.29, 0.717) is 26.2 Å². The lowest BCUT2D eigenvalue weighted by molar-refractivity contribution is -0.126. The molecule has 3 N–H and O–H groups in total. The minimum absolute atomic E-state index is 0.110. The summed E-state index contributed by atoms with van der Waals surface area (Å²) in [5.74, 6) is 2.45. The number of ether oxygens (including phenoxy) is 1. The molecule has 0 radical (unpaired) electrons. The van der Waals surface area contributed by atoms with E-state index in [9.17, 15) is 4.79 Å². The van der Waals surface area contributed by atoms with Gasteiger partial charge in [-0.05, 0) is 19.3 Å². The second kappa shape index (κ2) is 5.74. The standard InChI is InChI=1S/C11H18N2O2/c1-2-3-4-5-7-13-10(14)11(12)6-8-15-9-11/h1H,3-9,12H2,(H,13,14). The zero-order chi connectivity index (χ0) is 11.1. The van der Waals surface area contributed by atoms with Crippen LogP contribution < -0.4 is 11.1 Å². The first-order valence-electron chi connectivity index (χ1n) is 5.27. The van der Waals surface area contributed by atoms with Crippen molar-refractivity contribution >= 4 is 5.91 Å². The van der Waals surface area contributed by atoms with Crippen molar-refractivity contribution < 1.29 is 9.53 Å². The van der Waals surface area contributed by atoms with Crippen LogP contribution in [-0.2, 0) is 9.53 Å². The van der Waals surface area contributed by atoms with Crippen LogP contribution in [0.5, 0.6) is 0 Å².